The summed E-state index contributed by atoms with van der Waals surface area (Å²) in [6.45, 7) is 1.98. The molecule has 0 bridgehead atoms. The Balaban J connectivity index is 1.56. The van der Waals surface area contributed by atoms with Crippen molar-refractivity contribution in [1.29, 1.82) is 0 Å². The Morgan fingerprint density at radius 3 is 2.67 bits per heavy atom. The monoisotopic (exact) mass is 406 g/mol. The minimum absolute atomic E-state index is 0.106. The van der Waals surface area contributed by atoms with Gasteiger partial charge in [-0.3, -0.25) is 15.8 Å². The van der Waals surface area contributed by atoms with Gasteiger partial charge in [-0.25, -0.2) is 12.7 Å². The van der Waals surface area contributed by atoms with Crippen molar-refractivity contribution in [2.75, 3.05) is 26.2 Å². The summed E-state index contributed by atoms with van der Waals surface area (Å²) in [5.74, 6) is 0.106. The van der Waals surface area contributed by atoms with Gasteiger partial charge in [0.15, 0.2) is 0 Å². The zero-order valence-electron chi connectivity index (χ0n) is 14.9. The van der Waals surface area contributed by atoms with Crippen molar-refractivity contribution in [2.24, 2.45) is 0 Å². The van der Waals surface area contributed by atoms with Crippen molar-refractivity contribution in [3.8, 4) is 11.3 Å². The third kappa shape index (κ3) is 4.02. The maximum Gasteiger partial charge on any atom is 0.219 e. The van der Waals surface area contributed by atoms with Crippen LogP contribution >= 0.6 is 11.6 Å². The smallest absolute Gasteiger partial charge is 0.219 e. The first kappa shape index (κ1) is 18.8. The average Bonchev–Trinajstić information content (AvgIpc) is 3.24. The molecule has 0 aliphatic carbocycles. The molecule has 2 saturated heterocycles. The maximum atomic E-state index is 12.9. The van der Waals surface area contributed by atoms with Crippen molar-refractivity contribution >= 4 is 21.6 Å². The van der Waals surface area contributed by atoms with Gasteiger partial charge in [0.1, 0.15) is 5.25 Å². The summed E-state index contributed by atoms with van der Waals surface area (Å²) in [5, 5.41) is 0.274. The molecule has 2 aliphatic rings. The summed E-state index contributed by atoms with van der Waals surface area (Å²) >= 11 is 6.10. The molecule has 1 aromatic heterocycles. The summed E-state index contributed by atoms with van der Waals surface area (Å²) in [7, 11) is -3.31. The van der Waals surface area contributed by atoms with Crippen molar-refractivity contribution in [3.63, 3.8) is 0 Å². The van der Waals surface area contributed by atoms with Crippen LogP contribution in [0.15, 0.2) is 42.5 Å². The summed E-state index contributed by atoms with van der Waals surface area (Å²) in [5.41, 5.74) is 8.59. The highest BCUT2D eigenvalue weighted by molar-refractivity contribution is 7.89. The Kier molecular flexibility index (Phi) is 5.48. The summed E-state index contributed by atoms with van der Waals surface area (Å²) in [6, 6.07) is 13.6. The predicted octanol–water partition coefficient (Wildman–Crippen LogP) is 2.39. The second kappa shape index (κ2) is 7.85. The fraction of sp³-hybridized carbons (Fsp3) is 0.421. The number of nitrogens with one attached hydrogen (secondary N) is 2. The Labute approximate surface area is 165 Å². The Bertz CT molecular complexity index is 915. The second-order valence-electron chi connectivity index (χ2n) is 7.08. The number of sulfonamides is 1. The molecule has 2 fully saturated rings. The standard InChI is InChI=1S/C19H23ClN4O2S/c20-16-6-1-4-14(10-16)18-7-2-8-19(23-18)15-5-3-9-24(13-15)27(25,26)17-11-21-22-12-17/h1-2,4,6-8,10,15,17,21-22H,3,5,9,11-13H2. The lowest BCUT2D eigenvalue weighted by molar-refractivity contribution is 0.310. The van der Waals surface area contributed by atoms with E-state index >= 15 is 0 Å². The van der Waals surface area contributed by atoms with E-state index < -0.39 is 15.3 Å². The topological polar surface area (TPSA) is 74.3 Å². The highest BCUT2D eigenvalue weighted by atomic mass is 35.5. The number of hydrogen-bond acceptors (Lipinski definition) is 5. The summed E-state index contributed by atoms with van der Waals surface area (Å²) in [4.78, 5) is 4.82. The highest BCUT2D eigenvalue weighted by Crippen LogP contribution is 2.30. The number of hydrazine groups is 1. The molecule has 2 aliphatic heterocycles. The summed E-state index contributed by atoms with van der Waals surface area (Å²) in [6.07, 6.45) is 1.79. The van der Waals surface area contributed by atoms with Gasteiger partial charge in [0.2, 0.25) is 10.0 Å². The van der Waals surface area contributed by atoms with Crippen LogP contribution in [-0.2, 0) is 10.0 Å². The zero-order chi connectivity index (χ0) is 18.9. The van der Waals surface area contributed by atoms with E-state index in [4.69, 9.17) is 16.6 Å². The molecule has 0 radical (unpaired) electrons. The number of benzene rings is 1. The highest BCUT2D eigenvalue weighted by Gasteiger charge is 2.37. The summed E-state index contributed by atoms with van der Waals surface area (Å²) < 4.78 is 27.5. The number of halogens is 1. The lowest BCUT2D eigenvalue weighted by Crippen LogP contribution is -2.45. The van der Waals surface area contributed by atoms with Crippen molar-refractivity contribution < 1.29 is 8.42 Å². The minimum atomic E-state index is -3.31. The SMILES string of the molecule is O=S(=O)(C1CNNC1)N1CCCC(c2cccc(-c3cccc(Cl)c3)n2)C1. The molecule has 3 heterocycles. The number of piperidine rings is 1. The first-order valence-electron chi connectivity index (χ1n) is 9.21. The third-order valence-electron chi connectivity index (χ3n) is 5.26. The van der Waals surface area contributed by atoms with Gasteiger partial charge in [0.25, 0.3) is 0 Å². The largest absolute Gasteiger partial charge is 0.256 e. The number of nitrogens with zero attached hydrogens (tertiary/aromatic N) is 2. The average molecular weight is 407 g/mol. The van der Waals surface area contributed by atoms with Crippen LogP contribution in [0, 0.1) is 0 Å². The first-order valence-corrected chi connectivity index (χ1v) is 11.1. The van der Waals surface area contributed by atoms with Crippen LogP contribution in [0.4, 0.5) is 0 Å². The quantitative estimate of drug-likeness (QED) is 0.815. The molecule has 1 aromatic carbocycles. The molecule has 6 nitrogen and oxygen atoms in total. The molecular weight excluding hydrogens is 384 g/mol. The third-order valence-corrected chi connectivity index (χ3v) is 7.72. The number of aromatic nitrogens is 1. The van der Waals surface area contributed by atoms with Crippen LogP contribution in [0.2, 0.25) is 5.02 Å². The van der Waals surface area contributed by atoms with Crippen LogP contribution in [0.3, 0.4) is 0 Å². The fourth-order valence-corrected chi connectivity index (χ4v) is 5.74. The Hall–Kier alpha value is -1.51. The van der Waals surface area contributed by atoms with Crippen molar-refractivity contribution in [2.45, 2.75) is 24.0 Å². The Morgan fingerprint density at radius 1 is 1.11 bits per heavy atom. The second-order valence-corrected chi connectivity index (χ2v) is 9.73. The lowest BCUT2D eigenvalue weighted by atomic mass is 9.95. The molecule has 2 N–H and O–H groups in total. The molecule has 0 spiro atoms. The molecular formula is C19H23ClN4O2S. The van der Waals surface area contributed by atoms with E-state index in [1.165, 1.54) is 0 Å². The van der Waals surface area contributed by atoms with Gasteiger partial charge in [0, 0.05) is 48.4 Å². The van der Waals surface area contributed by atoms with E-state index in [2.05, 4.69) is 10.9 Å². The normalized spacial score (nSPS) is 22.2. The zero-order valence-corrected chi connectivity index (χ0v) is 16.5. The van der Waals surface area contributed by atoms with E-state index in [1.54, 1.807) is 4.31 Å². The molecule has 8 heteroatoms. The van der Waals surface area contributed by atoms with E-state index in [9.17, 15) is 8.42 Å². The van der Waals surface area contributed by atoms with Gasteiger partial charge < -0.3 is 0 Å². The van der Waals surface area contributed by atoms with E-state index in [0.717, 1.165) is 29.8 Å². The number of pyridine rings is 1. The molecule has 1 atom stereocenters. The van der Waals surface area contributed by atoms with E-state index in [-0.39, 0.29) is 5.92 Å². The fourth-order valence-electron chi connectivity index (χ4n) is 3.77. The Morgan fingerprint density at radius 2 is 1.89 bits per heavy atom. The molecule has 0 amide bonds. The van der Waals surface area contributed by atoms with Crippen LogP contribution in [0.5, 0.6) is 0 Å². The molecule has 2 aromatic rings. The van der Waals surface area contributed by atoms with Gasteiger partial charge in [-0.1, -0.05) is 29.8 Å². The van der Waals surface area contributed by atoms with E-state index in [0.29, 0.717) is 31.2 Å². The molecule has 1 unspecified atom stereocenters. The lowest BCUT2D eigenvalue weighted by Gasteiger charge is -2.33. The van der Waals surface area contributed by atoms with Gasteiger partial charge >= 0.3 is 0 Å². The van der Waals surface area contributed by atoms with Crippen LogP contribution in [-0.4, -0.2) is 49.1 Å². The van der Waals surface area contributed by atoms with Crippen LogP contribution in [0.25, 0.3) is 11.3 Å². The minimum Gasteiger partial charge on any atom is -0.256 e. The van der Waals surface area contributed by atoms with E-state index in [1.807, 2.05) is 42.5 Å². The van der Waals surface area contributed by atoms with Gasteiger partial charge in [0.05, 0.1) is 5.69 Å². The predicted molar refractivity (Wildman–Crippen MR) is 107 cm³/mol. The molecule has 4 rings (SSSR count). The number of hydrogen-bond donors (Lipinski definition) is 2. The van der Waals surface area contributed by atoms with Crippen LogP contribution in [0.1, 0.15) is 24.5 Å². The first-order chi connectivity index (χ1) is 13.0. The maximum absolute atomic E-state index is 12.9. The van der Waals surface area contributed by atoms with Crippen molar-refractivity contribution in [3.05, 3.63) is 53.2 Å². The van der Waals surface area contributed by atoms with Gasteiger partial charge in [-0.15, -0.1) is 0 Å². The number of rotatable bonds is 4. The van der Waals surface area contributed by atoms with Crippen molar-refractivity contribution in [1.82, 2.24) is 20.1 Å². The molecule has 144 valence electrons. The van der Waals surface area contributed by atoms with Gasteiger partial charge in [-0.2, -0.15) is 0 Å². The van der Waals surface area contributed by atoms with Crippen LogP contribution < -0.4 is 10.9 Å². The molecule has 0 saturated carbocycles. The van der Waals surface area contributed by atoms with Gasteiger partial charge in [-0.05, 0) is 37.1 Å². The molecule has 27 heavy (non-hydrogen) atoms.